The molecule has 0 aliphatic carbocycles. The van der Waals surface area contributed by atoms with E-state index in [9.17, 15) is 13.2 Å². The Morgan fingerprint density at radius 3 is 2.28 bits per heavy atom. The standard InChI is InChI=1S/C25H27ClN2O3S/c1-17-9-10-18(2)23(15-17)20(4)27-25(29)16-28(24-8-6-5-7-19(24)3)32(30,31)22-13-11-21(26)12-14-22/h5-15,20H,16H2,1-4H3,(H,27,29). The number of anilines is 1. The number of carbonyl (C=O) groups excluding carboxylic acids is 1. The van der Waals surface area contributed by atoms with Crippen LogP contribution >= 0.6 is 11.6 Å². The summed E-state index contributed by atoms with van der Waals surface area (Å²) in [5, 5.41) is 3.39. The zero-order valence-electron chi connectivity index (χ0n) is 18.6. The molecule has 3 rings (SSSR count). The number of nitrogens with zero attached hydrogens (tertiary/aromatic N) is 1. The van der Waals surface area contributed by atoms with E-state index in [0.717, 1.165) is 26.6 Å². The van der Waals surface area contributed by atoms with E-state index >= 15 is 0 Å². The maximum atomic E-state index is 13.5. The fraction of sp³-hybridized carbons (Fsp3) is 0.240. The van der Waals surface area contributed by atoms with Crippen LogP contribution in [-0.4, -0.2) is 20.9 Å². The lowest BCUT2D eigenvalue weighted by Gasteiger charge is -2.26. The van der Waals surface area contributed by atoms with E-state index < -0.39 is 10.0 Å². The summed E-state index contributed by atoms with van der Waals surface area (Å²) in [6.07, 6.45) is 0. The number of para-hydroxylation sites is 1. The minimum Gasteiger partial charge on any atom is -0.348 e. The van der Waals surface area contributed by atoms with Gasteiger partial charge in [0, 0.05) is 5.02 Å². The molecule has 0 spiro atoms. The molecule has 1 atom stereocenters. The summed E-state index contributed by atoms with van der Waals surface area (Å²) in [6.45, 7) is 7.35. The number of hydrogen-bond donors (Lipinski definition) is 1. The molecule has 0 saturated carbocycles. The second kappa shape index (κ2) is 9.76. The van der Waals surface area contributed by atoms with Gasteiger partial charge in [-0.1, -0.05) is 53.6 Å². The van der Waals surface area contributed by atoms with Crippen LogP contribution in [0, 0.1) is 20.8 Å². The lowest BCUT2D eigenvalue weighted by molar-refractivity contribution is -0.120. The minimum absolute atomic E-state index is 0.0699. The fourth-order valence-corrected chi connectivity index (χ4v) is 5.21. The topological polar surface area (TPSA) is 66.5 Å². The van der Waals surface area contributed by atoms with Crippen LogP contribution in [0.5, 0.6) is 0 Å². The molecule has 1 amide bonds. The minimum atomic E-state index is -3.99. The van der Waals surface area contributed by atoms with Crippen molar-refractivity contribution in [3.05, 3.63) is 94.0 Å². The summed E-state index contributed by atoms with van der Waals surface area (Å²) in [6, 6.07) is 18.8. The Morgan fingerprint density at radius 1 is 0.969 bits per heavy atom. The van der Waals surface area contributed by atoms with E-state index in [4.69, 9.17) is 11.6 Å². The predicted molar refractivity (Wildman–Crippen MR) is 130 cm³/mol. The van der Waals surface area contributed by atoms with Crippen LogP contribution in [0.15, 0.2) is 71.6 Å². The average molecular weight is 471 g/mol. The largest absolute Gasteiger partial charge is 0.348 e. The molecule has 0 radical (unpaired) electrons. The molecule has 0 saturated heterocycles. The molecule has 5 nitrogen and oxygen atoms in total. The second-order valence-corrected chi connectivity index (χ2v) is 10.2. The SMILES string of the molecule is Cc1ccc(C)c(C(C)NC(=O)CN(c2ccccc2C)S(=O)(=O)c2ccc(Cl)cc2)c1. The van der Waals surface area contributed by atoms with Crippen LogP contribution in [0.1, 0.15) is 35.2 Å². The number of hydrogen-bond acceptors (Lipinski definition) is 3. The number of carbonyl (C=O) groups is 1. The second-order valence-electron chi connectivity index (χ2n) is 7.90. The van der Waals surface area contributed by atoms with E-state index in [1.54, 1.807) is 12.1 Å². The first-order valence-corrected chi connectivity index (χ1v) is 12.1. The molecule has 0 aliphatic heterocycles. The quantitative estimate of drug-likeness (QED) is 0.507. The van der Waals surface area contributed by atoms with Gasteiger partial charge in [0.25, 0.3) is 10.0 Å². The highest BCUT2D eigenvalue weighted by Gasteiger charge is 2.28. The van der Waals surface area contributed by atoms with Gasteiger partial charge in [0.1, 0.15) is 6.54 Å². The van der Waals surface area contributed by atoms with Gasteiger partial charge in [-0.25, -0.2) is 8.42 Å². The Morgan fingerprint density at radius 2 is 1.62 bits per heavy atom. The van der Waals surface area contributed by atoms with Gasteiger partial charge in [0.15, 0.2) is 0 Å². The highest BCUT2D eigenvalue weighted by Crippen LogP contribution is 2.27. The third kappa shape index (κ3) is 5.31. The molecule has 32 heavy (non-hydrogen) atoms. The van der Waals surface area contributed by atoms with E-state index in [1.165, 1.54) is 24.3 Å². The van der Waals surface area contributed by atoms with Crippen LogP contribution in [0.2, 0.25) is 5.02 Å². The van der Waals surface area contributed by atoms with Crippen LogP contribution in [0.4, 0.5) is 5.69 Å². The van der Waals surface area contributed by atoms with Crippen molar-refractivity contribution in [3.8, 4) is 0 Å². The summed E-state index contributed by atoms with van der Waals surface area (Å²) in [5.74, 6) is -0.390. The highest BCUT2D eigenvalue weighted by atomic mass is 35.5. The summed E-state index contributed by atoms with van der Waals surface area (Å²) in [4.78, 5) is 13.1. The van der Waals surface area contributed by atoms with Gasteiger partial charge in [0.2, 0.25) is 5.91 Å². The molecule has 1 unspecified atom stereocenters. The molecular formula is C25H27ClN2O3S. The zero-order chi connectivity index (χ0) is 23.5. The van der Waals surface area contributed by atoms with Gasteiger partial charge in [-0.3, -0.25) is 9.10 Å². The summed E-state index contributed by atoms with van der Waals surface area (Å²) in [5.41, 5.74) is 4.37. The molecule has 1 N–H and O–H groups in total. The molecular weight excluding hydrogens is 444 g/mol. The predicted octanol–water partition coefficient (Wildman–Crippen LogP) is 5.34. The Balaban J connectivity index is 1.92. The summed E-state index contributed by atoms with van der Waals surface area (Å²) in [7, 11) is -3.99. The number of sulfonamides is 1. The average Bonchev–Trinajstić information content (AvgIpc) is 2.74. The maximum absolute atomic E-state index is 13.5. The van der Waals surface area contributed by atoms with Gasteiger partial charge in [-0.2, -0.15) is 0 Å². The molecule has 0 bridgehead atoms. The first-order chi connectivity index (χ1) is 15.1. The van der Waals surface area contributed by atoms with Crippen molar-refractivity contribution in [2.45, 2.75) is 38.6 Å². The van der Waals surface area contributed by atoms with Gasteiger partial charge in [-0.05, 0) is 74.7 Å². The highest BCUT2D eigenvalue weighted by molar-refractivity contribution is 7.92. The van der Waals surface area contributed by atoms with Crippen molar-refractivity contribution in [1.82, 2.24) is 5.32 Å². The van der Waals surface area contributed by atoms with Gasteiger partial charge >= 0.3 is 0 Å². The van der Waals surface area contributed by atoms with E-state index in [2.05, 4.69) is 5.32 Å². The third-order valence-corrected chi connectivity index (χ3v) is 7.38. The van der Waals surface area contributed by atoms with Gasteiger partial charge in [-0.15, -0.1) is 0 Å². The Labute approximate surface area is 195 Å². The molecule has 0 aliphatic rings. The number of benzene rings is 3. The fourth-order valence-electron chi connectivity index (χ4n) is 3.60. The van der Waals surface area contributed by atoms with E-state index in [0.29, 0.717) is 10.7 Å². The van der Waals surface area contributed by atoms with Crippen LogP contribution in [0.25, 0.3) is 0 Å². The van der Waals surface area contributed by atoms with Crippen LogP contribution < -0.4 is 9.62 Å². The van der Waals surface area contributed by atoms with Gasteiger partial charge < -0.3 is 5.32 Å². The van der Waals surface area contributed by atoms with Crippen molar-refractivity contribution in [2.75, 3.05) is 10.8 Å². The molecule has 0 heterocycles. The normalized spacial score (nSPS) is 12.3. The monoisotopic (exact) mass is 470 g/mol. The first kappa shape index (κ1) is 23.8. The first-order valence-electron chi connectivity index (χ1n) is 10.3. The summed E-state index contributed by atoms with van der Waals surface area (Å²) < 4.78 is 28.1. The van der Waals surface area contributed by atoms with Crippen LogP contribution in [-0.2, 0) is 14.8 Å². The molecule has 3 aromatic rings. The van der Waals surface area contributed by atoms with Crippen molar-refractivity contribution in [2.24, 2.45) is 0 Å². The molecule has 7 heteroatoms. The Bertz CT molecular complexity index is 1220. The van der Waals surface area contributed by atoms with E-state index in [-0.39, 0.29) is 23.4 Å². The molecule has 0 aromatic heterocycles. The maximum Gasteiger partial charge on any atom is 0.264 e. The molecule has 168 valence electrons. The Hall–Kier alpha value is -2.83. The molecule has 0 fully saturated rings. The summed E-state index contributed by atoms with van der Waals surface area (Å²) >= 11 is 5.93. The smallest absolute Gasteiger partial charge is 0.264 e. The number of halogens is 1. The lowest BCUT2D eigenvalue weighted by atomic mass is 10.00. The zero-order valence-corrected chi connectivity index (χ0v) is 20.2. The van der Waals surface area contributed by atoms with Gasteiger partial charge in [0.05, 0.1) is 16.6 Å². The number of amides is 1. The lowest BCUT2D eigenvalue weighted by Crippen LogP contribution is -2.42. The van der Waals surface area contributed by atoms with Crippen molar-refractivity contribution in [1.29, 1.82) is 0 Å². The number of nitrogens with one attached hydrogen (secondary N) is 1. The van der Waals surface area contributed by atoms with Crippen molar-refractivity contribution >= 4 is 33.2 Å². The van der Waals surface area contributed by atoms with Crippen LogP contribution in [0.3, 0.4) is 0 Å². The Kier molecular flexibility index (Phi) is 7.26. The van der Waals surface area contributed by atoms with E-state index in [1.807, 2.05) is 58.0 Å². The van der Waals surface area contributed by atoms with Crippen molar-refractivity contribution < 1.29 is 13.2 Å². The number of rotatable bonds is 7. The number of aryl methyl sites for hydroxylation is 3. The molecule has 3 aromatic carbocycles. The van der Waals surface area contributed by atoms with Crippen molar-refractivity contribution in [3.63, 3.8) is 0 Å². The third-order valence-electron chi connectivity index (χ3n) is 5.35.